The molecule has 0 atom stereocenters. The predicted octanol–water partition coefficient (Wildman–Crippen LogP) is 3.53. The number of piperazine rings is 1. The minimum absolute atomic E-state index is 0.000387. The third-order valence-electron chi connectivity index (χ3n) is 6.39. The highest BCUT2D eigenvalue weighted by molar-refractivity contribution is 7.16. The third-order valence-corrected chi connectivity index (χ3v) is 7.60. The molecule has 176 valence electrons. The molecule has 1 aliphatic heterocycles. The summed E-state index contributed by atoms with van der Waals surface area (Å²) < 4.78 is 11.0. The molecule has 2 heterocycles. The van der Waals surface area contributed by atoms with Crippen LogP contribution in [0, 0.1) is 11.3 Å². The Hall–Kier alpha value is -2.60. The number of nitrogens with one attached hydrogen (secondary N) is 1. The number of rotatable bonds is 9. The fraction of sp³-hybridized carbons (Fsp3) is 0.520. The molecular formula is C25H32N4O3S. The van der Waals surface area contributed by atoms with Crippen molar-refractivity contribution in [3.05, 3.63) is 40.3 Å². The molecule has 2 aliphatic rings. The van der Waals surface area contributed by atoms with E-state index in [0.717, 1.165) is 80.6 Å². The number of methoxy groups -OCH3 is 1. The smallest absolute Gasteiger partial charge is 0.226 e. The number of amides is 1. The van der Waals surface area contributed by atoms with Gasteiger partial charge in [0.2, 0.25) is 5.91 Å². The van der Waals surface area contributed by atoms with Crippen LogP contribution in [0.1, 0.15) is 35.3 Å². The van der Waals surface area contributed by atoms with E-state index in [9.17, 15) is 10.1 Å². The van der Waals surface area contributed by atoms with Gasteiger partial charge < -0.3 is 19.7 Å². The van der Waals surface area contributed by atoms with Gasteiger partial charge in [-0.15, -0.1) is 11.3 Å². The lowest BCUT2D eigenvalue weighted by atomic mass is 9.96. The maximum Gasteiger partial charge on any atom is 0.226 e. The number of benzene rings is 1. The number of hydrogen-bond acceptors (Lipinski definition) is 7. The van der Waals surface area contributed by atoms with Gasteiger partial charge in [0.15, 0.2) is 0 Å². The van der Waals surface area contributed by atoms with E-state index in [-0.39, 0.29) is 5.91 Å². The van der Waals surface area contributed by atoms with Crippen LogP contribution in [-0.2, 0) is 17.6 Å². The predicted molar refractivity (Wildman–Crippen MR) is 130 cm³/mol. The Morgan fingerprint density at radius 3 is 2.42 bits per heavy atom. The zero-order chi connectivity index (χ0) is 23.0. The van der Waals surface area contributed by atoms with Crippen molar-refractivity contribution >= 4 is 22.2 Å². The molecule has 0 bridgehead atoms. The Bertz CT molecular complexity index is 975. The normalized spacial score (nSPS) is 16.6. The van der Waals surface area contributed by atoms with Crippen LogP contribution in [0.25, 0.3) is 0 Å². The standard InChI is InChI=1S/C25H32N4O3S/c1-31-19-6-8-20(9-7-19)32-17-16-29-14-12-28(13-15-29)11-10-24(30)27-25-22(18-26)21-4-2-3-5-23(21)33-25/h6-9H,2-5,10-17H2,1H3,(H,27,30). The second kappa shape index (κ2) is 11.5. The molecule has 1 aromatic carbocycles. The number of anilines is 1. The first-order valence-electron chi connectivity index (χ1n) is 11.7. The van der Waals surface area contributed by atoms with E-state index in [0.29, 0.717) is 18.6 Å². The van der Waals surface area contributed by atoms with E-state index in [1.54, 1.807) is 18.4 Å². The molecule has 4 rings (SSSR count). The monoisotopic (exact) mass is 468 g/mol. The molecule has 1 amide bonds. The molecule has 1 aromatic heterocycles. The SMILES string of the molecule is COc1ccc(OCCN2CCN(CCC(=O)Nc3sc4c(c3C#N)CCCC4)CC2)cc1. The Labute approximate surface area is 199 Å². The topological polar surface area (TPSA) is 77.8 Å². The van der Waals surface area contributed by atoms with E-state index in [2.05, 4.69) is 21.2 Å². The van der Waals surface area contributed by atoms with Crippen molar-refractivity contribution in [1.29, 1.82) is 5.26 Å². The average molecular weight is 469 g/mol. The van der Waals surface area contributed by atoms with Crippen molar-refractivity contribution in [1.82, 2.24) is 9.80 Å². The van der Waals surface area contributed by atoms with Crippen LogP contribution in [0.5, 0.6) is 11.5 Å². The number of nitriles is 1. The minimum Gasteiger partial charge on any atom is -0.497 e. The summed E-state index contributed by atoms with van der Waals surface area (Å²) in [4.78, 5) is 18.6. The lowest BCUT2D eigenvalue weighted by Gasteiger charge is -2.34. The van der Waals surface area contributed by atoms with Gasteiger partial charge >= 0.3 is 0 Å². The second-order valence-electron chi connectivity index (χ2n) is 8.53. The lowest BCUT2D eigenvalue weighted by Crippen LogP contribution is -2.48. The molecule has 0 radical (unpaired) electrons. The number of fused-ring (bicyclic) bond motifs is 1. The molecule has 1 N–H and O–H groups in total. The van der Waals surface area contributed by atoms with E-state index >= 15 is 0 Å². The molecule has 8 heteroatoms. The molecule has 0 unspecified atom stereocenters. The number of carbonyl (C=O) groups is 1. The van der Waals surface area contributed by atoms with Crippen molar-refractivity contribution in [2.75, 3.05) is 58.3 Å². The van der Waals surface area contributed by atoms with E-state index in [1.807, 2.05) is 24.3 Å². The van der Waals surface area contributed by atoms with Gasteiger partial charge in [-0.3, -0.25) is 9.69 Å². The average Bonchev–Trinajstić information content (AvgIpc) is 3.20. The summed E-state index contributed by atoms with van der Waals surface area (Å²) in [6, 6.07) is 9.96. The van der Waals surface area contributed by atoms with Gasteiger partial charge in [0.25, 0.3) is 0 Å². The van der Waals surface area contributed by atoms with E-state index < -0.39 is 0 Å². The quantitative estimate of drug-likeness (QED) is 0.607. The molecular weight excluding hydrogens is 436 g/mol. The van der Waals surface area contributed by atoms with Crippen molar-refractivity contribution in [2.45, 2.75) is 32.1 Å². The van der Waals surface area contributed by atoms with Crippen LogP contribution in [0.2, 0.25) is 0 Å². The molecule has 1 fully saturated rings. The Balaban J connectivity index is 1.14. The number of ether oxygens (including phenoxy) is 2. The van der Waals surface area contributed by atoms with Crippen LogP contribution in [0.4, 0.5) is 5.00 Å². The molecule has 7 nitrogen and oxygen atoms in total. The van der Waals surface area contributed by atoms with Crippen molar-refractivity contribution in [2.24, 2.45) is 0 Å². The van der Waals surface area contributed by atoms with Gasteiger partial charge in [-0.25, -0.2) is 0 Å². The second-order valence-corrected chi connectivity index (χ2v) is 9.64. The van der Waals surface area contributed by atoms with Crippen LogP contribution < -0.4 is 14.8 Å². The zero-order valence-corrected chi connectivity index (χ0v) is 20.1. The van der Waals surface area contributed by atoms with Crippen molar-refractivity contribution < 1.29 is 14.3 Å². The van der Waals surface area contributed by atoms with Crippen LogP contribution in [0.15, 0.2) is 24.3 Å². The van der Waals surface area contributed by atoms with Crippen LogP contribution >= 0.6 is 11.3 Å². The number of nitrogens with zero attached hydrogens (tertiary/aromatic N) is 3. The van der Waals surface area contributed by atoms with Crippen LogP contribution in [-0.4, -0.2) is 68.7 Å². The highest BCUT2D eigenvalue weighted by atomic mass is 32.1. The molecule has 33 heavy (non-hydrogen) atoms. The van der Waals surface area contributed by atoms with Crippen molar-refractivity contribution in [3.63, 3.8) is 0 Å². The molecule has 0 spiro atoms. The summed E-state index contributed by atoms with van der Waals surface area (Å²) in [5.41, 5.74) is 1.85. The van der Waals surface area contributed by atoms with Gasteiger partial charge in [0.1, 0.15) is 29.2 Å². The molecule has 1 aliphatic carbocycles. The first kappa shape index (κ1) is 23.6. The summed E-state index contributed by atoms with van der Waals surface area (Å²) >= 11 is 1.59. The third kappa shape index (κ3) is 6.26. The number of thiophene rings is 1. The van der Waals surface area contributed by atoms with Gasteiger partial charge in [0.05, 0.1) is 12.7 Å². The van der Waals surface area contributed by atoms with Gasteiger partial charge in [0, 0.05) is 50.6 Å². The Kier molecular flexibility index (Phi) is 8.21. The minimum atomic E-state index is 0.000387. The van der Waals surface area contributed by atoms with Crippen LogP contribution in [0.3, 0.4) is 0 Å². The lowest BCUT2D eigenvalue weighted by molar-refractivity contribution is -0.116. The summed E-state index contributed by atoms with van der Waals surface area (Å²) in [6.45, 7) is 6.14. The largest absolute Gasteiger partial charge is 0.497 e. The summed E-state index contributed by atoms with van der Waals surface area (Å²) in [6.07, 6.45) is 4.74. The maximum atomic E-state index is 12.5. The Morgan fingerprint density at radius 1 is 1.06 bits per heavy atom. The summed E-state index contributed by atoms with van der Waals surface area (Å²) in [7, 11) is 1.66. The fourth-order valence-electron chi connectivity index (χ4n) is 4.42. The van der Waals surface area contributed by atoms with E-state index in [1.165, 1.54) is 11.3 Å². The van der Waals surface area contributed by atoms with E-state index in [4.69, 9.17) is 9.47 Å². The highest BCUT2D eigenvalue weighted by Crippen LogP contribution is 2.37. The highest BCUT2D eigenvalue weighted by Gasteiger charge is 2.22. The zero-order valence-electron chi connectivity index (χ0n) is 19.3. The number of hydrogen-bond donors (Lipinski definition) is 1. The van der Waals surface area contributed by atoms with Gasteiger partial charge in [-0.05, 0) is 55.5 Å². The summed E-state index contributed by atoms with van der Waals surface area (Å²) in [5.74, 6) is 1.68. The Morgan fingerprint density at radius 2 is 1.73 bits per heavy atom. The maximum absolute atomic E-state index is 12.5. The first-order chi connectivity index (χ1) is 16.2. The van der Waals surface area contributed by atoms with Gasteiger partial charge in [-0.1, -0.05) is 0 Å². The first-order valence-corrected chi connectivity index (χ1v) is 12.5. The van der Waals surface area contributed by atoms with Crippen molar-refractivity contribution in [3.8, 4) is 17.6 Å². The molecule has 0 saturated carbocycles. The summed E-state index contributed by atoms with van der Waals surface area (Å²) in [5, 5.41) is 13.3. The molecule has 2 aromatic rings. The number of aryl methyl sites for hydroxylation is 1. The fourth-order valence-corrected chi connectivity index (χ4v) is 5.68. The number of carbonyl (C=O) groups excluding carboxylic acids is 1. The molecule has 1 saturated heterocycles. The van der Waals surface area contributed by atoms with Gasteiger partial charge in [-0.2, -0.15) is 5.26 Å².